The zero-order chi connectivity index (χ0) is 13.1. The Balaban J connectivity index is 0. The van der Waals surface area contributed by atoms with Gasteiger partial charge in [0.05, 0.1) is 5.97 Å². The summed E-state index contributed by atoms with van der Waals surface area (Å²) in [7, 11) is -1.82. The maximum atomic E-state index is 10.6. The van der Waals surface area contributed by atoms with E-state index >= 15 is 0 Å². The molecule has 0 spiro atoms. The Morgan fingerprint density at radius 1 is 1.41 bits per heavy atom. The van der Waals surface area contributed by atoms with Crippen LogP contribution in [0.5, 0.6) is 0 Å². The minimum atomic E-state index is -1.82. The standard InChI is InChI=1S/C11H25NO3Si.Na/c1-8(9(12)10(13)14)7-15-16(5,6)11(2,3)4;/h8-9H,7,12H2,1-6H3,(H,13,14);/q;+1/p-1/t8?,9-;/m1./s1. The van der Waals surface area contributed by atoms with Gasteiger partial charge < -0.3 is 20.1 Å². The van der Waals surface area contributed by atoms with Gasteiger partial charge in [-0.2, -0.15) is 0 Å². The fraction of sp³-hybridized carbons (Fsp3) is 0.909. The SMILES string of the molecule is CC(CO[Si](C)(C)C(C)(C)C)[C@@H](N)C(=O)[O-].[Na+]. The second-order valence-electron chi connectivity index (χ2n) is 5.89. The molecular formula is C11H24NNaO3Si. The molecule has 0 fully saturated rings. The third-order valence-corrected chi connectivity index (χ3v) is 7.90. The first-order chi connectivity index (χ1) is 6.99. The molecule has 1 unspecified atom stereocenters. The van der Waals surface area contributed by atoms with Crippen LogP contribution in [0.2, 0.25) is 18.1 Å². The van der Waals surface area contributed by atoms with Crippen LogP contribution in [0.1, 0.15) is 27.7 Å². The number of carboxylic acid groups (broad SMARTS) is 1. The molecule has 96 valence electrons. The molecule has 0 heterocycles. The summed E-state index contributed by atoms with van der Waals surface area (Å²) in [6.45, 7) is 12.8. The molecule has 2 atom stereocenters. The Morgan fingerprint density at radius 2 is 1.82 bits per heavy atom. The Kier molecular flexibility index (Phi) is 8.51. The number of carbonyl (C=O) groups is 1. The fourth-order valence-electron chi connectivity index (χ4n) is 0.892. The zero-order valence-corrected chi connectivity index (χ0v) is 15.2. The van der Waals surface area contributed by atoms with E-state index in [2.05, 4.69) is 33.9 Å². The monoisotopic (exact) mass is 269 g/mol. The van der Waals surface area contributed by atoms with Crippen molar-refractivity contribution in [3.05, 3.63) is 0 Å². The van der Waals surface area contributed by atoms with E-state index in [0.717, 1.165) is 0 Å². The van der Waals surface area contributed by atoms with Crippen molar-refractivity contribution in [1.82, 2.24) is 0 Å². The number of carboxylic acids is 1. The third-order valence-electron chi connectivity index (χ3n) is 3.40. The van der Waals surface area contributed by atoms with E-state index in [1.54, 1.807) is 6.92 Å². The molecule has 0 amide bonds. The van der Waals surface area contributed by atoms with Crippen molar-refractivity contribution in [1.29, 1.82) is 0 Å². The molecule has 0 saturated heterocycles. The van der Waals surface area contributed by atoms with Gasteiger partial charge in [-0.1, -0.05) is 27.7 Å². The van der Waals surface area contributed by atoms with Crippen LogP contribution in [0.25, 0.3) is 0 Å². The Bertz CT molecular complexity index is 254. The predicted molar refractivity (Wildman–Crippen MR) is 65.3 cm³/mol. The number of nitrogens with two attached hydrogens (primary N) is 1. The molecule has 0 aliphatic rings. The molecule has 4 nitrogen and oxygen atoms in total. The Morgan fingerprint density at radius 3 is 2.12 bits per heavy atom. The molecule has 0 radical (unpaired) electrons. The van der Waals surface area contributed by atoms with Crippen LogP contribution in [0.15, 0.2) is 0 Å². The Labute approximate surface area is 128 Å². The smallest absolute Gasteiger partial charge is 0.548 e. The van der Waals surface area contributed by atoms with E-state index in [1.165, 1.54) is 0 Å². The van der Waals surface area contributed by atoms with Crippen LogP contribution in [-0.2, 0) is 9.22 Å². The topological polar surface area (TPSA) is 75.4 Å². The van der Waals surface area contributed by atoms with Gasteiger partial charge in [-0.25, -0.2) is 0 Å². The van der Waals surface area contributed by atoms with Crippen molar-refractivity contribution in [3.63, 3.8) is 0 Å². The molecular weight excluding hydrogens is 245 g/mol. The van der Waals surface area contributed by atoms with Gasteiger partial charge in [0, 0.05) is 12.6 Å². The van der Waals surface area contributed by atoms with Gasteiger partial charge in [0.2, 0.25) is 0 Å². The summed E-state index contributed by atoms with van der Waals surface area (Å²) >= 11 is 0. The number of aliphatic carboxylic acids is 1. The summed E-state index contributed by atoms with van der Waals surface area (Å²) in [6.07, 6.45) is 0. The second-order valence-corrected chi connectivity index (χ2v) is 10.7. The van der Waals surface area contributed by atoms with Gasteiger partial charge in [0.15, 0.2) is 8.32 Å². The maximum absolute atomic E-state index is 10.6. The van der Waals surface area contributed by atoms with E-state index in [9.17, 15) is 9.90 Å². The average molecular weight is 269 g/mol. The number of hydrogen-bond acceptors (Lipinski definition) is 4. The van der Waals surface area contributed by atoms with Crippen molar-refractivity contribution < 1.29 is 43.9 Å². The Hall–Kier alpha value is 0.607. The van der Waals surface area contributed by atoms with Gasteiger partial charge in [-0.05, 0) is 24.1 Å². The van der Waals surface area contributed by atoms with Gasteiger partial charge in [0.1, 0.15) is 0 Å². The molecule has 0 saturated carbocycles. The van der Waals surface area contributed by atoms with Gasteiger partial charge in [0.25, 0.3) is 0 Å². The second kappa shape index (κ2) is 7.26. The van der Waals surface area contributed by atoms with Crippen LogP contribution in [0.4, 0.5) is 0 Å². The first kappa shape index (κ1) is 19.9. The first-order valence-electron chi connectivity index (χ1n) is 5.59. The molecule has 17 heavy (non-hydrogen) atoms. The van der Waals surface area contributed by atoms with E-state index in [4.69, 9.17) is 10.2 Å². The van der Waals surface area contributed by atoms with Crippen molar-refractivity contribution in [2.24, 2.45) is 11.7 Å². The molecule has 0 aromatic heterocycles. The third kappa shape index (κ3) is 6.36. The van der Waals surface area contributed by atoms with E-state index in [1.807, 2.05) is 0 Å². The minimum absolute atomic E-state index is 0. The summed E-state index contributed by atoms with van der Waals surface area (Å²) in [5, 5.41) is 10.7. The molecule has 0 aromatic rings. The normalized spacial score (nSPS) is 15.9. The molecule has 0 aromatic carbocycles. The summed E-state index contributed by atoms with van der Waals surface area (Å²) in [5.74, 6) is -1.44. The summed E-state index contributed by atoms with van der Waals surface area (Å²) in [4.78, 5) is 10.6. The van der Waals surface area contributed by atoms with Gasteiger partial charge in [-0.15, -0.1) is 0 Å². The van der Waals surface area contributed by atoms with Crippen LogP contribution >= 0.6 is 0 Å². The van der Waals surface area contributed by atoms with Crippen LogP contribution in [0, 0.1) is 5.92 Å². The molecule has 0 aliphatic carbocycles. The molecule has 0 rings (SSSR count). The van der Waals surface area contributed by atoms with Crippen molar-refractivity contribution in [2.45, 2.75) is 51.9 Å². The van der Waals surface area contributed by atoms with E-state index in [0.29, 0.717) is 6.61 Å². The molecule has 6 heteroatoms. The maximum Gasteiger partial charge on any atom is 1.00 e. The van der Waals surface area contributed by atoms with E-state index < -0.39 is 20.3 Å². The summed E-state index contributed by atoms with van der Waals surface area (Å²) in [6, 6.07) is -0.954. The number of rotatable bonds is 5. The van der Waals surface area contributed by atoms with Crippen molar-refractivity contribution in [3.8, 4) is 0 Å². The molecule has 0 aliphatic heterocycles. The van der Waals surface area contributed by atoms with Crippen LogP contribution in [0.3, 0.4) is 0 Å². The number of carbonyl (C=O) groups excluding carboxylic acids is 1. The average Bonchev–Trinajstić information content (AvgIpc) is 2.11. The summed E-state index contributed by atoms with van der Waals surface area (Å²) in [5.41, 5.74) is 5.47. The quantitative estimate of drug-likeness (QED) is 0.571. The van der Waals surface area contributed by atoms with E-state index in [-0.39, 0.29) is 40.5 Å². The predicted octanol–water partition coefficient (Wildman–Crippen LogP) is -2.27. The van der Waals surface area contributed by atoms with Gasteiger partial charge >= 0.3 is 29.6 Å². The van der Waals surface area contributed by atoms with Gasteiger partial charge in [-0.3, -0.25) is 0 Å². The van der Waals surface area contributed by atoms with Crippen molar-refractivity contribution >= 4 is 14.3 Å². The molecule has 2 N–H and O–H groups in total. The first-order valence-corrected chi connectivity index (χ1v) is 8.50. The number of hydrogen-bond donors (Lipinski definition) is 1. The van der Waals surface area contributed by atoms with Crippen LogP contribution in [-0.4, -0.2) is 26.9 Å². The zero-order valence-electron chi connectivity index (χ0n) is 12.2. The van der Waals surface area contributed by atoms with Crippen LogP contribution < -0.4 is 40.4 Å². The molecule has 0 bridgehead atoms. The minimum Gasteiger partial charge on any atom is -0.548 e. The fourth-order valence-corrected chi connectivity index (χ4v) is 2.00. The van der Waals surface area contributed by atoms with Crippen molar-refractivity contribution in [2.75, 3.05) is 6.61 Å². The summed E-state index contributed by atoms with van der Waals surface area (Å²) < 4.78 is 5.89. The largest absolute Gasteiger partial charge is 1.00 e.